The largest absolute Gasteiger partial charge is 0.298 e. The molecule has 0 aliphatic heterocycles. The first-order chi connectivity index (χ1) is 12.0. The average Bonchev–Trinajstić information content (AvgIpc) is 3.08. The number of hydrogen-bond donors (Lipinski definition) is 2. The number of anilines is 2. The molecule has 1 amide bonds. The van der Waals surface area contributed by atoms with E-state index in [9.17, 15) is 17.6 Å². The van der Waals surface area contributed by atoms with Crippen molar-refractivity contribution < 1.29 is 17.6 Å². The molecule has 2 aromatic rings. The molecule has 134 valence electrons. The number of rotatable bonds is 5. The van der Waals surface area contributed by atoms with E-state index in [1.807, 2.05) is 0 Å². The van der Waals surface area contributed by atoms with E-state index >= 15 is 0 Å². The highest BCUT2D eigenvalue weighted by Crippen LogP contribution is 2.27. The second-order valence-electron chi connectivity index (χ2n) is 5.89. The minimum atomic E-state index is -3.68. The van der Waals surface area contributed by atoms with Crippen molar-refractivity contribution >= 4 is 38.1 Å². The molecule has 25 heavy (non-hydrogen) atoms. The lowest BCUT2D eigenvalue weighted by molar-refractivity contribution is 0.102. The van der Waals surface area contributed by atoms with Crippen LogP contribution in [0.15, 0.2) is 29.8 Å². The molecule has 1 fully saturated rings. The third kappa shape index (κ3) is 4.35. The number of thiazole rings is 1. The van der Waals surface area contributed by atoms with Gasteiger partial charge in [-0.25, -0.2) is 17.8 Å². The molecule has 1 aliphatic carbocycles. The van der Waals surface area contributed by atoms with Crippen LogP contribution >= 0.6 is 11.3 Å². The van der Waals surface area contributed by atoms with Gasteiger partial charge in [-0.2, -0.15) is 0 Å². The molecule has 0 unspecified atom stereocenters. The second-order valence-corrected chi connectivity index (χ2v) is 8.74. The molecule has 0 bridgehead atoms. The zero-order valence-electron chi connectivity index (χ0n) is 13.4. The fourth-order valence-electron chi connectivity index (χ4n) is 2.86. The lowest BCUT2D eigenvalue weighted by atomic mass is 10.0. The minimum Gasteiger partial charge on any atom is -0.298 e. The summed E-state index contributed by atoms with van der Waals surface area (Å²) in [6, 6.07) is 3.41. The summed E-state index contributed by atoms with van der Waals surface area (Å²) in [7, 11) is -3.68. The summed E-state index contributed by atoms with van der Waals surface area (Å²) in [5.41, 5.74) is -0.00406. The van der Waals surface area contributed by atoms with Crippen LogP contribution in [0.3, 0.4) is 0 Å². The summed E-state index contributed by atoms with van der Waals surface area (Å²) in [6.45, 7) is 0. The third-order valence-electron chi connectivity index (χ3n) is 4.12. The number of amides is 1. The Labute approximate surface area is 149 Å². The number of benzene rings is 1. The SMILES string of the molecule is O=C(Nc1nccs1)c1ccc(F)cc1NS(=O)(=O)C1CCCCC1. The van der Waals surface area contributed by atoms with Crippen molar-refractivity contribution in [1.29, 1.82) is 0 Å². The molecule has 3 rings (SSSR count). The van der Waals surface area contributed by atoms with Gasteiger partial charge in [0.25, 0.3) is 5.91 Å². The van der Waals surface area contributed by atoms with Crippen LogP contribution < -0.4 is 10.0 Å². The number of sulfonamides is 1. The van der Waals surface area contributed by atoms with E-state index in [4.69, 9.17) is 0 Å². The molecule has 1 saturated carbocycles. The fraction of sp³-hybridized carbons (Fsp3) is 0.375. The molecule has 0 radical (unpaired) electrons. The maximum absolute atomic E-state index is 13.6. The van der Waals surface area contributed by atoms with Gasteiger partial charge in [-0.3, -0.25) is 14.8 Å². The average molecular weight is 383 g/mol. The molecular weight excluding hydrogens is 365 g/mol. The number of hydrogen-bond acceptors (Lipinski definition) is 5. The smallest absolute Gasteiger partial charge is 0.259 e. The van der Waals surface area contributed by atoms with Gasteiger partial charge in [0.05, 0.1) is 16.5 Å². The highest BCUT2D eigenvalue weighted by Gasteiger charge is 2.28. The number of carbonyl (C=O) groups excluding carboxylic acids is 1. The van der Waals surface area contributed by atoms with E-state index in [1.165, 1.54) is 23.6 Å². The Morgan fingerprint density at radius 1 is 1.24 bits per heavy atom. The second kappa shape index (κ2) is 7.49. The zero-order valence-corrected chi connectivity index (χ0v) is 15.0. The Kier molecular flexibility index (Phi) is 5.33. The number of carbonyl (C=O) groups is 1. The Morgan fingerprint density at radius 3 is 2.68 bits per heavy atom. The maximum atomic E-state index is 13.6. The molecule has 0 saturated heterocycles. The van der Waals surface area contributed by atoms with Crippen molar-refractivity contribution in [3.63, 3.8) is 0 Å². The quantitative estimate of drug-likeness (QED) is 0.826. The lowest BCUT2D eigenvalue weighted by Crippen LogP contribution is -2.30. The highest BCUT2D eigenvalue weighted by atomic mass is 32.2. The number of nitrogens with zero attached hydrogens (tertiary/aromatic N) is 1. The van der Waals surface area contributed by atoms with Crippen LogP contribution in [0, 0.1) is 5.82 Å². The van der Waals surface area contributed by atoms with Gasteiger partial charge in [-0.05, 0) is 31.0 Å². The normalized spacial score (nSPS) is 15.7. The van der Waals surface area contributed by atoms with Crippen molar-refractivity contribution in [2.24, 2.45) is 0 Å². The third-order valence-corrected chi connectivity index (χ3v) is 6.66. The highest BCUT2D eigenvalue weighted by molar-refractivity contribution is 7.93. The molecule has 1 heterocycles. The molecule has 1 aliphatic rings. The summed E-state index contributed by atoms with van der Waals surface area (Å²) in [5.74, 6) is -1.16. The standard InChI is InChI=1S/C16H18FN3O3S2/c17-11-6-7-13(15(21)19-16-18-8-9-24-16)14(10-11)20-25(22,23)12-4-2-1-3-5-12/h6-10,12,20H,1-5H2,(H,18,19,21). The molecule has 1 aromatic heterocycles. The van der Waals surface area contributed by atoms with Gasteiger partial charge in [-0.1, -0.05) is 19.3 Å². The van der Waals surface area contributed by atoms with Crippen molar-refractivity contribution in [3.8, 4) is 0 Å². The predicted molar refractivity (Wildman–Crippen MR) is 95.9 cm³/mol. The lowest BCUT2D eigenvalue weighted by Gasteiger charge is -2.23. The van der Waals surface area contributed by atoms with E-state index in [0.29, 0.717) is 18.0 Å². The van der Waals surface area contributed by atoms with E-state index in [0.717, 1.165) is 31.4 Å². The van der Waals surface area contributed by atoms with Crippen LogP contribution in [-0.2, 0) is 10.0 Å². The van der Waals surface area contributed by atoms with Gasteiger partial charge in [0.1, 0.15) is 5.82 Å². The monoisotopic (exact) mass is 383 g/mol. The van der Waals surface area contributed by atoms with Crippen LogP contribution in [0.5, 0.6) is 0 Å². The molecule has 2 N–H and O–H groups in total. The van der Waals surface area contributed by atoms with Gasteiger partial charge in [0.2, 0.25) is 10.0 Å². The van der Waals surface area contributed by atoms with Gasteiger partial charge in [0, 0.05) is 11.6 Å². The first-order valence-corrected chi connectivity index (χ1v) is 10.4. The van der Waals surface area contributed by atoms with E-state index < -0.39 is 27.0 Å². The summed E-state index contributed by atoms with van der Waals surface area (Å²) in [6.07, 6.45) is 5.42. The number of halogens is 1. The minimum absolute atomic E-state index is 0.0518. The Balaban J connectivity index is 1.85. The van der Waals surface area contributed by atoms with E-state index in [-0.39, 0.29) is 11.3 Å². The molecule has 6 nitrogen and oxygen atoms in total. The van der Waals surface area contributed by atoms with Crippen molar-refractivity contribution in [3.05, 3.63) is 41.2 Å². The van der Waals surface area contributed by atoms with Gasteiger partial charge >= 0.3 is 0 Å². The van der Waals surface area contributed by atoms with Crippen LogP contribution in [0.4, 0.5) is 15.2 Å². The first-order valence-electron chi connectivity index (χ1n) is 7.98. The van der Waals surface area contributed by atoms with Crippen molar-refractivity contribution in [2.45, 2.75) is 37.4 Å². The summed E-state index contributed by atoms with van der Waals surface area (Å²) >= 11 is 1.24. The Hall–Kier alpha value is -2.00. The number of aromatic nitrogens is 1. The molecule has 0 atom stereocenters. The molecule has 1 aromatic carbocycles. The van der Waals surface area contributed by atoms with Crippen molar-refractivity contribution in [1.82, 2.24) is 4.98 Å². The summed E-state index contributed by atoms with van der Waals surface area (Å²) in [5, 5.41) is 4.15. The zero-order chi connectivity index (χ0) is 17.9. The van der Waals surface area contributed by atoms with Crippen LogP contribution in [0.1, 0.15) is 42.5 Å². The van der Waals surface area contributed by atoms with Gasteiger partial charge < -0.3 is 0 Å². The van der Waals surface area contributed by atoms with Crippen LogP contribution in [0.2, 0.25) is 0 Å². The van der Waals surface area contributed by atoms with Crippen LogP contribution in [0.25, 0.3) is 0 Å². The fourth-order valence-corrected chi connectivity index (χ4v) is 4.98. The summed E-state index contributed by atoms with van der Waals surface area (Å²) < 4.78 is 41.2. The van der Waals surface area contributed by atoms with Crippen LogP contribution in [-0.4, -0.2) is 24.6 Å². The topological polar surface area (TPSA) is 88.2 Å². The van der Waals surface area contributed by atoms with Crippen molar-refractivity contribution in [2.75, 3.05) is 10.0 Å². The number of nitrogens with one attached hydrogen (secondary N) is 2. The Morgan fingerprint density at radius 2 is 2.00 bits per heavy atom. The maximum Gasteiger partial charge on any atom is 0.259 e. The van der Waals surface area contributed by atoms with E-state index in [2.05, 4.69) is 15.0 Å². The molecule has 9 heteroatoms. The first kappa shape index (κ1) is 17.8. The Bertz CT molecular complexity index is 848. The molecular formula is C16H18FN3O3S2. The van der Waals surface area contributed by atoms with Gasteiger partial charge in [0.15, 0.2) is 5.13 Å². The van der Waals surface area contributed by atoms with E-state index in [1.54, 1.807) is 5.38 Å². The van der Waals surface area contributed by atoms with Gasteiger partial charge in [-0.15, -0.1) is 11.3 Å². The summed E-state index contributed by atoms with van der Waals surface area (Å²) in [4.78, 5) is 16.4. The predicted octanol–water partition coefficient (Wildman–Crippen LogP) is 3.61. The molecule has 0 spiro atoms.